The van der Waals surface area contributed by atoms with Gasteiger partial charge in [0.05, 0.1) is 6.42 Å². The minimum atomic E-state index is -0.241. The zero-order chi connectivity index (χ0) is 14.1. The Labute approximate surface area is 115 Å². The first-order valence-electron chi connectivity index (χ1n) is 6.31. The molecule has 0 spiro atoms. The van der Waals surface area contributed by atoms with E-state index >= 15 is 0 Å². The summed E-state index contributed by atoms with van der Waals surface area (Å²) < 4.78 is 5.10. The van der Waals surface area contributed by atoms with E-state index in [-0.39, 0.29) is 17.5 Å². The Balaban J connectivity index is 1.93. The number of carbonyl (C=O) groups is 2. The molecule has 4 heteroatoms. The van der Waals surface area contributed by atoms with E-state index in [1.165, 1.54) is 12.1 Å². The molecule has 0 saturated heterocycles. The minimum absolute atomic E-state index is 0.121. The molecule has 1 aliphatic heterocycles. The molecule has 0 aromatic heterocycles. The molecule has 20 heavy (non-hydrogen) atoms. The van der Waals surface area contributed by atoms with Crippen LogP contribution in [0.5, 0.6) is 11.5 Å². The van der Waals surface area contributed by atoms with E-state index in [4.69, 9.17) is 4.74 Å². The first-order valence-corrected chi connectivity index (χ1v) is 6.31. The Morgan fingerprint density at radius 1 is 1.00 bits per heavy atom. The van der Waals surface area contributed by atoms with Crippen molar-refractivity contribution in [2.24, 2.45) is 0 Å². The molecule has 2 aromatic carbocycles. The van der Waals surface area contributed by atoms with Crippen LogP contribution in [-0.2, 0) is 11.2 Å². The molecule has 0 aliphatic carbocycles. The van der Waals surface area contributed by atoms with E-state index in [1.54, 1.807) is 30.3 Å². The molecule has 0 atom stereocenters. The van der Waals surface area contributed by atoms with Crippen LogP contribution in [0.3, 0.4) is 0 Å². The zero-order valence-electron chi connectivity index (χ0n) is 10.6. The summed E-state index contributed by atoms with van der Waals surface area (Å²) in [6, 6.07) is 11.2. The van der Waals surface area contributed by atoms with E-state index in [9.17, 15) is 14.7 Å². The Morgan fingerprint density at radius 2 is 1.70 bits per heavy atom. The van der Waals surface area contributed by atoms with Crippen LogP contribution >= 0.6 is 0 Å². The third kappa shape index (κ3) is 2.28. The lowest BCUT2D eigenvalue weighted by molar-refractivity contribution is -0.135. The van der Waals surface area contributed by atoms with Gasteiger partial charge in [-0.3, -0.25) is 9.59 Å². The average molecular weight is 268 g/mol. The number of rotatable bonds is 2. The zero-order valence-corrected chi connectivity index (χ0v) is 10.6. The van der Waals surface area contributed by atoms with Gasteiger partial charge >= 0.3 is 5.97 Å². The molecule has 1 heterocycles. The highest BCUT2D eigenvalue weighted by molar-refractivity contribution is 6.09. The largest absolute Gasteiger partial charge is 0.508 e. The number of phenols is 1. The van der Waals surface area contributed by atoms with Crippen molar-refractivity contribution in [3.63, 3.8) is 0 Å². The fourth-order valence-corrected chi connectivity index (χ4v) is 2.21. The fourth-order valence-electron chi connectivity index (χ4n) is 2.21. The summed E-state index contributed by atoms with van der Waals surface area (Å²) in [6.07, 6.45) is 0.925. The second-order valence-electron chi connectivity index (χ2n) is 4.67. The molecule has 0 amide bonds. The first-order chi connectivity index (χ1) is 9.63. The van der Waals surface area contributed by atoms with Gasteiger partial charge in [-0.15, -0.1) is 0 Å². The number of carbonyl (C=O) groups excluding carboxylic acids is 2. The summed E-state index contributed by atoms with van der Waals surface area (Å²) in [5, 5.41) is 9.23. The van der Waals surface area contributed by atoms with Crippen LogP contribution in [0.15, 0.2) is 42.5 Å². The maximum Gasteiger partial charge on any atom is 0.311 e. The first kappa shape index (κ1) is 12.4. The lowest BCUT2D eigenvalue weighted by Crippen LogP contribution is -2.16. The molecule has 100 valence electrons. The van der Waals surface area contributed by atoms with Gasteiger partial charge < -0.3 is 9.84 Å². The normalized spacial score (nSPS) is 13.5. The highest BCUT2D eigenvalue weighted by Gasteiger charge is 2.19. The third-order valence-corrected chi connectivity index (χ3v) is 3.27. The topological polar surface area (TPSA) is 63.6 Å². The predicted octanol–water partition coefficient (Wildman–Crippen LogP) is 2.47. The van der Waals surface area contributed by atoms with Crippen LogP contribution in [0.1, 0.15) is 27.9 Å². The molecule has 0 fully saturated rings. The van der Waals surface area contributed by atoms with Crippen molar-refractivity contribution in [2.75, 3.05) is 0 Å². The van der Waals surface area contributed by atoms with Crippen LogP contribution in [-0.4, -0.2) is 16.9 Å². The molecule has 0 unspecified atom stereocenters. The number of hydrogen-bond donors (Lipinski definition) is 1. The monoisotopic (exact) mass is 268 g/mol. The maximum absolute atomic E-state index is 12.3. The summed E-state index contributed by atoms with van der Waals surface area (Å²) in [5.41, 5.74) is 1.93. The standard InChI is InChI=1S/C16H12O4/c17-13-5-1-10(2-6-13)16(19)12-3-7-14-11(9-12)4-8-15(18)20-14/h1-3,5-7,9,17H,4,8H2. The summed E-state index contributed by atoms with van der Waals surface area (Å²) in [6.45, 7) is 0. The van der Waals surface area contributed by atoms with Crippen LogP contribution in [0, 0.1) is 0 Å². The second-order valence-corrected chi connectivity index (χ2v) is 4.67. The van der Waals surface area contributed by atoms with Gasteiger partial charge in [0.1, 0.15) is 11.5 Å². The van der Waals surface area contributed by atoms with Crippen molar-refractivity contribution in [3.8, 4) is 11.5 Å². The lowest BCUT2D eigenvalue weighted by Gasteiger charge is -2.16. The van der Waals surface area contributed by atoms with Gasteiger partial charge in [-0.05, 0) is 54.4 Å². The smallest absolute Gasteiger partial charge is 0.311 e. The highest BCUT2D eigenvalue weighted by Crippen LogP contribution is 2.27. The van der Waals surface area contributed by atoms with Crippen LogP contribution in [0.4, 0.5) is 0 Å². The Hall–Kier alpha value is -2.62. The molecular formula is C16H12O4. The molecule has 3 rings (SSSR count). The number of ketones is 1. The van der Waals surface area contributed by atoms with Gasteiger partial charge in [-0.25, -0.2) is 0 Å². The molecule has 2 aromatic rings. The van der Waals surface area contributed by atoms with Gasteiger partial charge in [0.2, 0.25) is 0 Å². The van der Waals surface area contributed by atoms with Crippen LogP contribution in [0.2, 0.25) is 0 Å². The molecular weight excluding hydrogens is 256 g/mol. The SMILES string of the molecule is O=C1CCc2cc(C(=O)c3ccc(O)cc3)ccc2O1. The number of phenolic OH excluding ortho intramolecular Hbond substituents is 1. The summed E-state index contributed by atoms with van der Waals surface area (Å²) in [4.78, 5) is 23.5. The van der Waals surface area contributed by atoms with Crippen molar-refractivity contribution in [3.05, 3.63) is 59.2 Å². The average Bonchev–Trinajstić information content (AvgIpc) is 2.47. The van der Waals surface area contributed by atoms with E-state index in [1.807, 2.05) is 0 Å². The van der Waals surface area contributed by atoms with Crippen molar-refractivity contribution in [2.45, 2.75) is 12.8 Å². The molecule has 4 nitrogen and oxygen atoms in total. The Bertz CT molecular complexity index is 686. The molecule has 1 aliphatic rings. The Morgan fingerprint density at radius 3 is 2.45 bits per heavy atom. The van der Waals surface area contributed by atoms with Gasteiger partial charge in [-0.1, -0.05) is 0 Å². The second kappa shape index (κ2) is 4.81. The molecule has 1 N–H and O–H groups in total. The number of hydrogen-bond acceptors (Lipinski definition) is 4. The van der Waals surface area contributed by atoms with Gasteiger partial charge in [0, 0.05) is 11.1 Å². The summed E-state index contributed by atoms with van der Waals surface area (Å²) >= 11 is 0. The van der Waals surface area contributed by atoms with Gasteiger partial charge in [0.25, 0.3) is 0 Å². The van der Waals surface area contributed by atoms with E-state index in [0.717, 1.165) is 5.56 Å². The van der Waals surface area contributed by atoms with Gasteiger partial charge in [0.15, 0.2) is 5.78 Å². The van der Waals surface area contributed by atoms with Crippen molar-refractivity contribution < 1.29 is 19.4 Å². The minimum Gasteiger partial charge on any atom is -0.508 e. The van der Waals surface area contributed by atoms with Crippen LogP contribution in [0.25, 0.3) is 0 Å². The van der Waals surface area contributed by atoms with E-state index in [2.05, 4.69) is 0 Å². The van der Waals surface area contributed by atoms with E-state index < -0.39 is 0 Å². The van der Waals surface area contributed by atoms with Crippen molar-refractivity contribution in [1.29, 1.82) is 0 Å². The molecule has 0 radical (unpaired) electrons. The van der Waals surface area contributed by atoms with Gasteiger partial charge in [-0.2, -0.15) is 0 Å². The van der Waals surface area contributed by atoms with Crippen molar-refractivity contribution >= 4 is 11.8 Å². The lowest BCUT2D eigenvalue weighted by atomic mass is 9.98. The summed E-state index contributed by atoms with van der Waals surface area (Å²) in [7, 11) is 0. The van der Waals surface area contributed by atoms with Crippen LogP contribution < -0.4 is 4.74 Å². The quantitative estimate of drug-likeness (QED) is 0.516. The van der Waals surface area contributed by atoms with E-state index in [0.29, 0.717) is 29.7 Å². The third-order valence-electron chi connectivity index (χ3n) is 3.27. The number of ether oxygens (including phenoxy) is 1. The molecule has 0 saturated carbocycles. The number of aryl methyl sites for hydroxylation is 1. The van der Waals surface area contributed by atoms with Crippen molar-refractivity contribution in [1.82, 2.24) is 0 Å². The predicted molar refractivity (Wildman–Crippen MR) is 71.9 cm³/mol. The number of fused-ring (bicyclic) bond motifs is 1. The highest BCUT2D eigenvalue weighted by atomic mass is 16.5. The number of benzene rings is 2. The number of esters is 1. The maximum atomic E-state index is 12.3. The Kier molecular flexibility index (Phi) is 2.99. The molecule has 0 bridgehead atoms. The summed E-state index contributed by atoms with van der Waals surface area (Å²) in [5.74, 6) is 0.294. The fraction of sp³-hybridized carbons (Fsp3) is 0.125. The number of aromatic hydroxyl groups is 1.